The molecule has 0 aliphatic carbocycles. The molecule has 1 aliphatic heterocycles. The summed E-state index contributed by atoms with van der Waals surface area (Å²) < 4.78 is 20.2. The van der Waals surface area contributed by atoms with E-state index in [0.29, 0.717) is 0 Å². The lowest BCUT2D eigenvalue weighted by atomic mass is 9.99. The minimum Gasteiger partial charge on any atom is -0.387 e. The molecule has 0 aromatic carbocycles. The van der Waals surface area contributed by atoms with Crippen molar-refractivity contribution < 1.29 is 29.2 Å². The van der Waals surface area contributed by atoms with Crippen LogP contribution in [0.1, 0.15) is 0 Å². The molecule has 0 saturated carbocycles. The molecule has 0 amide bonds. The van der Waals surface area contributed by atoms with Crippen molar-refractivity contribution >= 4 is 0 Å². The Kier molecular flexibility index (Phi) is 4.91. The fourth-order valence-electron chi connectivity index (χ4n) is 1.75. The molecular formula is C9H18O6. The van der Waals surface area contributed by atoms with Crippen molar-refractivity contribution in [3.8, 4) is 0 Å². The minimum absolute atomic E-state index is 0.239. The van der Waals surface area contributed by atoms with Crippen LogP contribution in [0.15, 0.2) is 0 Å². The van der Waals surface area contributed by atoms with Crippen LogP contribution >= 0.6 is 0 Å². The van der Waals surface area contributed by atoms with Gasteiger partial charge in [-0.15, -0.1) is 0 Å². The summed E-state index contributed by atoms with van der Waals surface area (Å²) in [7, 11) is 4.37. The molecule has 1 heterocycles. The first kappa shape index (κ1) is 12.8. The third kappa shape index (κ3) is 2.66. The van der Waals surface area contributed by atoms with Gasteiger partial charge in [0, 0.05) is 21.3 Å². The summed E-state index contributed by atoms with van der Waals surface area (Å²) in [5.74, 6) is 0. The van der Waals surface area contributed by atoms with Crippen LogP contribution in [0.2, 0.25) is 0 Å². The molecule has 0 bridgehead atoms. The molecule has 1 aliphatic rings. The van der Waals surface area contributed by atoms with E-state index in [1.807, 2.05) is 0 Å². The van der Waals surface area contributed by atoms with Gasteiger partial charge in [0.05, 0.1) is 6.61 Å². The highest BCUT2D eigenvalue weighted by Crippen LogP contribution is 2.23. The van der Waals surface area contributed by atoms with E-state index in [-0.39, 0.29) is 6.61 Å². The highest BCUT2D eigenvalue weighted by Gasteiger charge is 2.45. The number of hydrogen-bond acceptors (Lipinski definition) is 6. The Hall–Kier alpha value is -0.240. The lowest BCUT2D eigenvalue weighted by Crippen LogP contribution is -2.59. The fourth-order valence-corrected chi connectivity index (χ4v) is 1.75. The number of hydrogen-bond donors (Lipinski definition) is 2. The SMILES string of the molecule is COC[C@H]1O[C@H](O)[C@H](OC)[C@@H](O)[C@@H]1OC. The van der Waals surface area contributed by atoms with Crippen LogP contribution in [0.25, 0.3) is 0 Å². The van der Waals surface area contributed by atoms with E-state index in [4.69, 9.17) is 18.9 Å². The van der Waals surface area contributed by atoms with E-state index in [0.717, 1.165) is 0 Å². The summed E-state index contributed by atoms with van der Waals surface area (Å²) in [6.07, 6.45) is -3.99. The third-order valence-corrected chi connectivity index (χ3v) is 2.51. The van der Waals surface area contributed by atoms with Gasteiger partial charge in [0.1, 0.15) is 24.4 Å². The Morgan fingerprint density at radius 1 is 1.07 bits per heavy atom. The summed E-state index contributed by atoms with van der Waals surface area (Å²) in [6.45, 7) is 0.239. The van der Waals surface area contributed by atoms with Crippen molar-refractivity contribution in [2.45, 2.75) is 30.7 Å². The largest absolute Gasteiger partial charge is 0.387 e. The molecule has 15 heavy (non-hydrogen) atoms. The van der Waals surface area contributed by atoms with Crippen LogP contribution in [-0.2, 0) is 18.9 Å². The van der Waals surface area contributed by atoms with Gasteiger partial charge in [-0.3, -0.25) is 0 Å². The zero-order valence-electron chi connectivity index (χ0n) is 9.12. The van der Waals surface area contributed by atoms with Crippen molar-refractivity contribution in [3.63, 3.8) is 0 Å². The van der Waals surface area contributed by atoms with Crippen LogP contribution in [0.5, 0.6) is 0 Å². The van der Waals surface area contributed by atoms with Crippen molar-refractivity contribution in [3.05, 3.63) is 0 Å². The standard InChI is InChI=1S/C9H18O6/c1-12-4-5-7(13-2)6(10)8(14-3)9(11)15-5/h5-11H,4H2,1-3H3/t5-,6+,7-,8-,9+/m1/s1. The van der Waals surface area contributed by atoms with Crippen LogP contribution in [0.3, 0.4) is 0 Å². The summed E-state index contributed by atoms with van der Waals surface area (Å²) in [5.41, 5.74) is 0. The van der Waals surface area contributed by atoms with Crippen LogP contribution in [-0.4, -0.2) is 68.9 Å². The zero-order valence-corrected chi connectivity index (χ0v) is 9.12. The van der Waals surface area contributed by atoms with Gasteiger partial charge in [-0.2, -0.15) is 0 Å². The Labute approximate surface area is 88.7 Å². The Morgan fingerprint density at radius 2 is 1.67 bits per heavy atom. The molecule has 0 unspecified atom stereocenters. The first-order valence-corrected chi connectivity index (χ1v) is 4.71. The lowest BCUT2D eigenvalue weighted by molar-refractivity contribution is -0.296. The molecule has 1 fully saturated rings. The summed E-state index contributed by atoms with van der Waals surface area (Å²) in [4.78, 5) is 0. The van der Waals surface area contributed by atoms with E-state index >= 15 is 0 Å². The van der Waals surface area contributed by atoms with Crippen molar-refractivity contribution in [2.75, 3.05) is 27.9 Å². The van der Waals surface area contributed by atoms with Gasteiger partial charge < -0.3 is 29.2 Å². The Bertz CT molecular complexity index is 185. The predicted octanol–water partition coefficient (Wildman–Crippen LogP) is -1.26. The molecule has 0 spiro atoms. The first-order chi connectivity index (χ1) is 7.15. The molecule has 1 saturated heterocycles. The van der Waals surface area contributed by atoms with Gasteiger partial charge in [0.25, 0.3) is 0 Å². The van der Waals surface area contributed by atoms with E-state index in [1.54, 1.807) is 0 Å². The predicted molar refractivity (Wildman–Crippen MR) is 50.4 cm³/mol. The minimum atomic E-state index is -1.17. The number of aliphatic hydroxyl groups excluding tert-OH is 2. The van der Waals surface area contributed by atoms with Gasteiger partial charge >= 0.3 is 0 Å². The molecule has 0 aromatic rings. The summed E-state index contributed by atoms with van der Waals surface area (Å²) in [5, 5.41) is 19.4. The van der Waals surface area contributed by atoms with Crippen LogP contribution < -0.4 is 0 Å². The molecule has 6 heteroatoms. The van der Waals surface area contributed by atoms with E-state index < -0.39 is 30.7 Å². The van der Waals surface area contributed by atoms with Gasteiger partial charge in [-0.05, 0) is 0 Å². The zero-order chi connectivity index (χ0) is 11.4. The normalized spacial score (nSPS) is 41.8. The molecule has 90 valence electrons. The maximum atomic E-state index is 9.85. The highest BCUT2D eigenvalue weighted by molar-refractivity contribution is 4.90. The molecule has 0 aromatic heterocycles. The van der Waals surface area contributed by atoms with Crippen LogP contribution in [0, 0.1) is 0 Å². The molecule has 0 radical (unpaired) electrons. The van der Waals surface area contributed by atoms with Gasteiger partial charge in [0.15, 0.2) is 6.29 Å². The average Bonchev–Trinajstić information content (AvgIpc) is 2.19. The monoisotopic (exact) mass is 222 g/mol. The van der Waals surface area contributed by atoms with Crippen molar-refractivity contribution in [2.24, 2.45) is 0 Å². The second kappa shape index (κ2) is 5.74. The fraction of sp³-hybridized carbons (Fsp3) is 1.00. The first-order valence-electron chi connectivity index (χ1n) is 4.71. The summed E-state index contributed by atoms with van der Waals surface area (Å²) >= 11 is 0. The summed E-state index contributed by atoms with van der Waals surface area (Å²) in [6, 6.07) is 0. The number of aliphatic hydroxyl groups is 2. The average molecular weight is 222 g/mol. The molecule has 2 N–H and O–H groups in total. The maximum Gasteiger partial charge on any atom is 0.184 e. The number of methoxy groups -OCH3 is 3. The number of ether oxygens (including phenoxy) is 4. The molecular weight excluding hydrogens is 204 g/mol. The Morgan fingerprint density at radius 3 is 2.13 bits per heavy atom. The Balaban J connectivity index is 2.70. The smallest absolute Gasteiger partial charge is 0.184 e. The lowest BCUT2D eigenvalue weighted by Gasteiger charge is -2.41. The maximum absolute atomic E-state index is 9.85. The molecule has 1 rings (SSSR count). The van der Waals surface area contributed by atoms with Crippen LogP contribution in [0.4, 0.5) is 0 Å². The van der Waals surface area contributed by atoms with E-state index in [9.17, 15) is 10.2 Å². The van der Waals surface area contributed by atoms with E-state index in [2.05, 4.69) is 0 Å². The topological polar surface area (TPSA) is 77.4 Å². The number of rotatable bonds is 4. The second-order valence-electron chi connectivity index (χ2n) is 3.41. The van der Waals surface area contributed by atoms with Gasteiger partial charge in [-0.25, -0.2) is 0 Å². The second-order valence-corrected chi connectivity index (χ2v) is 3.41. The van der Waals surface area contributed by atoms with E-state index in [1.165, 1.54) is 21.3 Å². The van der Waals surface area contributed by atoms with Gasteiger partial charge in [-0.1, -0.05) is 0 Å². The molecule has 6 nitrogen and oxygen atoms in total. The van der Waals surface area contributed by atoms with Gasteiger partial charge in [0.2, 0.25) is 0 Å². The van der Waals surface area contributed by atoms with Crippen molar-refractivity contribution in [1.82, 2.24) is 0 Å². The third-order valence-electron chi connectivity index (χ3n) is 2.51. The van der Waals surface area contributed by atoms with Crippen molar-refractivity contribution in [1.29, 1.82) is 0 Å². The highest BCUT2D eigenvalue weighted by atomic mass is 16.7. The molecule has 5 atom stereocenters. The quantitative estimate of drug-likeness (QED) is 0.618.